The van der Waals surface area contributed by atoms with Gasteiger partial charge in [0.05, 0.1) is 12.7 Å². The number of piperidine rings is 1. The number of hydrogen-bond acceptors (Lipinski definition) is 5. The quantitative estimate of drug-likeness (QED) is 0.776. The highest BCUT2D eigenvalue weighted by molar-refractivity contribution is 7.89. The lowest BCUT2D eigenvalue weighted by Gasteiger charge is -2.31. The van der Waals surface area contributed by atoms with Crippen LogP contribution in [0.4, 0.5) is 0 Å². The Balaban J connectivity index is 0.00000338. The van der Waals surface area contributed by atoms with Gasteiger partial charge in [0.2, 0.25) is 10.0 Å². The molecule has 1 heterocycles. The van der Waals surface area contributed by atoms with Gasteiger partial charge in [0.25, 0.3) is 5.91 Å². The van der Waals surface area contributed by atoms with Gasteiger partial charge in [0.1, 0.15) is 4.90 Å². The zero-order valence-electron chi connectivity index (χ0n) is 15.1. The fourth-order valence-corrected chi connectivity index (χ4v) is 4.85. The Morgan fingerprint density at radius 3 is 2.38 bits per heavy atom. The summed E-state index contributed by atoms with van der Waals surface area (Å²) in [4.78, 5) is 13.6. The fraction of sp³-hybridized carbons (Fsp3) is 0.562. The van der Waals surface area contributed by atoms with Gasteiger partial charge in [-0.15, -0.1) is 12.4 Å². The van der Waals surface area contributed by atoms with Crippen LogP contribution in [0, 0.1) is 5.92 Å². The molecule has 2 N–H and O–H groups in total. The number of methoxy groups -OCH3 is 1. The molecule has 7 nitrogen and oxygen atoms in total. The molecular weight excluding hydrogens is 401 g/mol. The minimum Gasteiger partial charge on any atom is -0.494 e. The van der Waals surface area contributed by atoms with Gasteiger partial charge in [-0.2, -0.15) is 4.31 Å². The van der Waals surface area contributed by atoms with Gasteiger partial charge < -0.3 is 15.4 Å². The molecule has 0 saturated carbocycles. The predicted molar refractivity (Wildman–Crippen MR) is 104 cm³/mol. The molecule has 1 aromatic carbocycles. The lowest BCUT2D eigenvalue weighted by atomic mass is 9.99. The highest BCUT2D eigenvalue weighted by Gasteiger charge is 2.33. The molecule has 0 radical (unpaired) electrons. The van der Waals surface area contributed by atoms with E-state index in [2.05, 4.69) is 0 Å². The third-order valence-electron chi connectivity index (χ3n) is 4.38. The molecule has 0 spiro atoms. The zero-order valence-corrected chi connectivity index (χ0v) is 17.5. The van der Waals surface area contributed by atoms with Gasteiger partial charge >= 0.3 is 0 Å². The van der Waals surface area contributed by atoms with Crippen LogP contribution in [0.5, 0.6) is 5.75 Å². The SMILES string of the molecule is COc1c(C(=O)N(C)C)cc(Cl)cc1S(=O)(=O)N1CCC(CN)CC1.Cl. The summed E-state index contributed by atoms with van der Waals surface area (Å²) >= 11 is 6.09. The number of nitrogens with two attached hydrogens (primary N) is 1. The Bertz CT molecular complexity index is 748. The second kappa shape index (κ2) is 9.23. The molecule has 0 atom stereocenters. The van der Waals surface area contributed by atoms with Gasteiger partial charge in [-0.1, -0.05) is 11.6 Å². The summed E-state index contributed by atoms with van der Waals surface area (Å²) in [5.74, 6) is -0.0275. The maximum atomic E-state index is 13.1. The van der Waals surface area contributed by atoms with E-state index in [0.29, 0.717) is 38.4 Å². The van der Waals surface area contributed by atoms with Crippen LogP contribution >= 0.6 is 24.0 Å². The molecule has 1 aliphatic rings. The smallest absolute Gasteiger partial charge is 0.257 e. The molecule has 1 fully saturated rings. The highest BCUT2D eigenvalue weighted by Crippen LogP contribution is 2.35. The number of hydrogen-bond donors (Lipinski definition) is 1. The average molecular weight is 426 g/mol. The summed E-state index contributed by atoms with van der Waals surface area (Å²) in [6.45, 7) is 1.32. The average Bonchev–Trinajstić information content (AvgIpc) is 2.60. The number of amides is 1. The molecule has 1 amide bonds. The number of carbonyl (C=O) groups is 1. The molecule has 0 bridgehead atoms. The van der Waals surface area contributed by atoms with E-state index in [-0.39, 0.29) is 39.5 Å². The third-order valence-corrected chi connectivity index (χ3v) is 6.51. The summed E-state index contributed by atoms with van der Waals surface area (Å²) in [5.41, 5.74) is 5.79. The minimum atomic E-state index is -3.83. The normalized spacial score (nSPS) is 16.0. The molecule has 0 unspecified atom stereocenters. The van der Waals surface area contributed by atoms with Crippen molar-refractivity contribution in [3.8, 4) is 5.75 Å². The first kappa shape index (κ1) is 23.0. The van der Waals surface area contributed by atoms with Crippen molar-refractivity contribution in [1.82, 2.24) is 9.21 Å². The van der Waals surface area contributed by atoms with E-state index in [4.69, 9.17) is 22.1 Å². The number of carbonyl (C=O) groups excluding carboxylic acids is 1. The zero-order chi connectivity index (χ0) is 18.8. The number of benzene rings is 1. The third kappa shape index (κ3) is 4.61. The van der Waals surface area contributed by atoms with E-state index in [0.717, 1.165) is 0 Å². The maximum Gasteiger partial charge on any atom is 0.257 e. The second-order valence-electron chi connectivity index (χ2n) is 6.27. The minimum absolute atomic E-state index is 0. The number of sulfonamides is 1. The number of nitrogens with zero attached hydrogens (tertiary/aromatic N) is 2. The van der Waals surface area contributed by atoms with Crippen molar-refractivity contribution in [1.29, 1.82) is 0 Å². The van der Waals surface area contributed by atoms with Crippen molar-refractivity contribution in [2.45, 2.75) is 17.7 Å². The van der Waals surface area contributed by atoms with Crippen LogP contribution in [0.2, 0.25) is 5.02 Å². The Kier molecular flexibility index (Phi) is 8.16. The van der Waals surface area contributed by atoms with Gasteiger partial charge in [-0.25, -0.2) is 8.42 Å². The molecule has 1 aromatic rings. The molecule has 148 valence electrons. The molecule has 10 heteroatoms. The topological polar surface area (TPSA) is 92.9 Å². The molecule has 1 saturated heterocycles. The van der Waals surface area contributed by atoms with Crippen LogP contribution in [0.3, 0.4) is 0 Å². The van der Waals surface area contributed by atoms with Gasteiger partial charge in [0.15, 0.2) is 5.75 Å². The summed E-state index contributed by atoms with van der Waals surface area (Å²) in [6, 6.07) is 2.75. The summed E-state index contributed by atoms with van der Waals surface area (Å²) in [5, 5.41) is 0.168. The molecule has 1 aliphatic heterocycles. The van der Waals surface area contributed by atoms with Crippen LogP contribution in [0.25, 0.3) is 0 Å². The van der Waals surface area contributed by atoms with E-state index in [1.54, 1.807) is 14.1 Å². The monoisotopic (exact) mass is 425 g/mol. The van der Waals surface area contributed by atoms with Crippen molar-refractivity contribution < 1.29 is 17.9 Å². The Morgan fingerprint density at radius 2 is 1.92 bits per heavy atom. The van der Waals surface area contributed by atoms with Crippen molar-refractivity contribution in [3.63, 3.8) is 0 Å². The van der Waals surface area contributed by atoms with Crippen LogP contribution in [-0.4, -0.2) is 64.4 Å². The van der Waals surface area contributed by atoms with Gasteiger partial charge in [0, 0.05) is 32.2 Å². The lowest BCUT2D eigenvalue weighted by molar-refractivity contribution is 0.0823. The second-order valence-corrected chi connectivity index (χ2v) is 8.61. The summed E-state index contributed by atoms with van der Waals surface area (Å²) in [6.07, 6.45) is 1.42. The van der Waals surface area contributed by atoms with Gasteiger partial charge in [-0.3, -0.25) is 4.79 Å². The van der Waals surface area contributed by atoms with Crippen molar-refractivity contribution in [2.75, 3.05) is 40.8 Å². The van der Waals surface area contributed by atoms with E-state index in [9.17, 15) is 13.2 Å². The lowest BCUT2D eigenvalue weighted by Crippen LogP contribution is -2.40. The Morgan fingerprint density at radius 1 is 1.35 bits per heavy atom. The highest BCUT2D eigenvalue weighted by atomic mass is 35.5. The molecule has 0 aromatic heterocycles. The standard InChI is InChI=1S/C16H24ClN3O4S.ClH/c1-19(2)16(21)13-8-12(17)9-14(15(13)24-3)25(22,23)20-6-4-11(10-18)5-7-20;/h8-9,11H,4-7,10,18H2,1-3H3;1H. The summed E-state index contributed by atoms with van der Waals surface area (Å²) in [7, 11) is 0.670. The van der Waals surface area contributed by atoms with Crippen molar-refractivity contribution >= 4 is 39.9 Å². The fourth-order valence-electron chi connectivity index (χ4n) is 2.89. The number of ether oxygens (including phenoxy) is 1. The first-order valence-electron chi connectivity index (χ1n) is 8.01. The van der Waals surface area contributed by atoms with E-state index >= 15 is 0 Å². The van der Waals surface area contributed by atoms with E-state index < -0.39 is 10.0 Å². The van der Waals surface area contributed by atoms with Gasteiger partial charge in [-0.05, 0) is 37.4 Å². The van der Waals surface area contributed by atoms with Crippen LogP contribution in [-0.2, 0) is 10.0 Å². The largest absolute Gasteiger partial charge is 0.494 e. The Hall–Kier alpha value is -1.06. The molecule has 0 aliphatic carbocycles. The first-order valence-corrected chi connectivity index (χ1v) is 9.83. The van der Waals surface area contributed by atoms with Crippen LogP contribution in [0.1, 0.15) is 23.2 Å². The van der Waals surface area contributed by atoms with Crippen LogP contribution < -0.4 is 10.5 Å². The molecule has 2 rings (SSSR count). The van der Waals surface area contributed by atoms with Crippen molar-refractivity contribution in [2.24, 2.45) is 11.7 Å². The maximum absolute atomic E-state index is 13.1. The summed E-state index contributed by atoms with van der Waals surface area (Å²) < 4.78 is 32.9. The molecular formula is C16H25Cl2N3O4S. The van der Waals surface area contributed by atoms with Crippen molar-refractivity contribution in [3.05, 3.63) is 22.7 Å². The van der Waals surface area contributed by atoms with Crippen LogP contribution in [0.15, 0.2) is 17.0 Å². The predicted octanol–water partition coefficient (Wildman–Crippen LogP) is 1.83. The Labute approximate surface area is 165 Å². The van der Waals surface area contributed by atoms with E-state index in [1.807, 2.05) is 0 Å². The van der Waals surface area contributed by atoms with E-state index in [1.165, 1.54) is 28.4 Å². The number of rotatable bonds is 5. The number of halogens is 2. The molecule has 26 heavy (non-hydrogen) atoms. The first-order chi connectivity index (χ1) is 11.7.